The van der Waals surface area contributed by atoms with Crippen LogP contribution in [0.3, 0.4) is 0 Å². The fourth-order valence-electron chi connectivity index (χ4n) is 1.64. The molecule has 4 nitrogen and oxygen atoms in total. The minimum absolute atomic E-state index is 0.109. The Kier molecular flexibility index (Phi) is 4.07. The third-order valence-electron chi connectivity index (χ3n) is 2.61. The van der Waals surface area contributed by atoms with E-state index in [1.807, 2.05) is 18.2 Å². The van der Waals surface area contributed by atoms with Crippen LogP contribution in [0.5, 0.6) is 5.75 Å². The van der Waals surface area contributed by atoms with Gasteiger partial charge in [0.2, 0.25) is 0 Å². The molecule has 2 aromatic rings. The maximum absolute atomic E-state index is 12.5. The smallest absolute Gasteiger partial charge is 0.433 e. The van der Waals surface area contributed by atoms with Crippen LogP contribution in [0.15, 0.2) is 36.7 Å². The molecule has 7 heteroatoms. The summed E-state index contributed by atoms with van der Waals surface area (Å²) in [5.41, 5.74) is -0.155. The van der Waals surface area contributed by atoms with Gasteiger partial charge in [0.25, 0.3) is 0 Å². The molecule has 2 rings (SSSR count). The monoisotopic (exact) mass is 283 g/mol. The molecule has 0 amide bonds. The van der Waals surface area contributed by atoms with E-state index in [0.717, 1.165) is 18.0 Å². The largest absolute Gasteiger partial charge is 0.496 e. The number of benzene rings is 1. The maximum atomic E-state index is 12.5. The van der Waals surface area contributed by atoms with Crippen molar-refractivity contribution < 1.29 is 17.9 Å². The number of hydrogen-bond acceptors (Lipinski definition) is 4. The normalized spacial score (nSPS) is 11.2. The average Bonchev–Trinajstić information content (AvgIpc) is 2.45. The lowest BCUT2D eigenvalue weighted by Crippen LogP contribution is -2.10. The number of ether oxygens (including phenoxy) is 1. The molecular weight excluding hydrogens is 271 g/mol. The molecule has 0 unspecified atom stereocenters. The summed E-state index contributed by atoms with van der Waals surface area (Å²) in [6.45, 7) is 0.304. The van der Waals surface area contributed by atoms with E-state index in [1.165, 1.54) is 7.11 Å². The molecule has 0 aliphatic rings. The topological polar surface area (TPSA) is 47.0 Å². The fourth-order valence-corrected chi connectivity index (χ4v) is 1.64. The first-order chi connectivity index (χ1) is 9.50. The van der Waals surface area contributed by atoms with Crippen LogP contribution in [0, 0.1) is 0 Å². The molecule has 1 aromatic heterocycles. The van der Waals surface area contributed by atoms with Gasteiger partial charge in [0.05, 0.1) is 7.11 Å². The Morgan fingerprint density at radius 2 is 1.95 bits per heavy atom. The second-order valence-corrected chi connectivity index (χ2v) is 3.95. The molecular formula is C13H12F3N3O. The summed E-state index contributed by atoms with van der Waals surface area (Å²) < 4.78 is 42.7. The predicted molar refractivity (Wildman–Crippen MR) is 67.4 cm³/mol. The highest BCUT2D eigenvalue weighted by Crippen LogP contribution is 2.28. The first kappa shape index (κ1) is 14.1. The number of anilines is 1. The van der Waals surface area contributed by atoms with Gasteiger partial charge in [-0.15, -0.1) is 0 Å². The van der Waals surface area contributed by atoms with E-state index in [1.54, 1.807) is 6.07 Å². The quantitative estimate of drug-likeness (QED) is 0.936. The van der Waals surface area contributed by atoms with Crippen LogP contribution < -0.4 is 10.1 Å². The minimum atomic E-state index is -4.48. The van der Waals surface area contributed by atoms with Crippen molar-refractivity contribution in [2.24, 2.45) is 0 Å². The Morgan fingerprint density at radius 3 is 2.65 bits per heavy atom. The standard InChI is InChI=1S/C13H12F3N3O/c1-20-10-5-3-2-4-9(10)7-17-12-6-11(13(14,15)16)18-8-19-12/h2-6,8H,7H2,1H3,(H,17,18,19). The van der Waals surface area contributed by atoms with Gasteiger partial charge in [-0.25, -0.2) is 9.97 Å². The highest BCUT2D eigenvalue weighted by molar-refractivity contribution is 5.40. The van der Waals surface area contributed by atoms with E-state index in [-0.39, 0.29) is 5.82 Å². The van der Waals surface area contributed by atoms with Gasteiger partial charge in [-0.1, -0.05) is 18.2 Å². The third kappa shape index (κ3) is 3.37. The molecule has 1 heterocycles. The van der Waals surface area contributed by atoms with Crippen LogP contribution in [0.2, 0.25) is 0 Å². The van der Waals surface area contributed by atoms with Crippen LogP contribution >= 0.6 is 0 Å². The fraction of sp³-hybridized carbons (Fsp3) is 0.231. The molecule has 0 saturated heterocycles. The lowest BCUT2D eigenvalue weighted by atomic mass is 10.2. The Balaban J connectivity index is 2.11. The van der Waals surface area contributed by atoms with Crippen LogP contribution in [-0.2, 0) is 12.7 Å². The summed E-state index contributed by atoms with van der Waals surface area (Å²) in [6.07, 6.45) is -3.60. The van der Waals surface area contributed by atoms with E-state index in [2.05, 4.69) is 15.3 Å². The van der Waals surface area contributed by atoms with E-state index in [4.69, 9.17) is 4.74 Å². The molecule has 1 N–H and O–H groups in total. The van der Waals surface area contributed by atoms with Crippen LogP contribution in [0.1, 0.15) is 11.3 Å². The van der Waals surface area contributed by atoms with Gasteiger partial charge in [-0.3, -0.25) is 0 Å². The summed E-state index contributed by atoms with van der Waals surface area (Å²) in [4.78, 5) is 6.96. The molecule has 0 bridgehead atoms. The highest BCUT2D eigenvalue weighted by Gasteiger charge is 2.32. The zero-order valence-corrected chi connectivity index (χ0v) is 10.6. The Bertz CT molecular complexity index is 587. The third-order valence-corrected chi connectivity index (χ3v) is 2.61. The molecule has 0 spiro atoms. The summed E-state index contributed by atoms with van der Waals surface area (Å²) in [5, 5.41) is 2.82. The van der Waals surface area contributed by atoms with Crippen LogP contribution in [0.25, 0.3) is 0 Å². The van der Waals surface area contributed by atoms with Crippen molar-refractivity contribution in [2.45, 2.75) is 12.7 Å². The molecule has 0 radical (unpaired) electrons. The first-order valence-electron chi connectivity index (χ1n) is 5.75. The molecule has 0 aliphatic carbocycles. The van der Waals surface area contributed by atoms with Crippen molar-refractivity contribution in [3.8, 4) is 5.75 Å². The number of hydrogen-bond donors (Lipinski definition) is 1. The highest BCUT2D eigenvalue weighted by atomic mass is 19.4. The van der Waals surface area contributed by atoms with E-state index in [0.29, 0.717) is 12.3 Å². The molecule has 0 saturated carbocycles. The number of alkyl halides is 3. The van der Waals surface area contributed by atoms with Gasteiger partial charge in [0.1, 0.15) is 23.6 Å². The summed E-state index contributed by atoms with van der Waals surface area (Å²) in [6, 6.07) is 8.10. The van der Waals surface area contributed by atoms with E-state index < -0.39 is 11.9 Å². The van der Waals surface area contributed by atoms with Gasteiger partial charge in [0.15, 0.2) is 0 Å². The van der Waals surface area contributed by atoms with Crippen molar-refractivity contribution in [3.63, 3.8) is 0 Å². The molecule has 1 aromatic carbocycles. The van der Waals surface area contributed by atoms with Crippen LogP contribution in [-0.4, -0.2) is 17.1 Å². The number of nitrogens with one attached hydrogen (secondary N) is 1. The number of rotatable bonds is 4. The van der Waals surface area contributed by atoms with Crippen molar-refractivity contribution in [2.75, 3.05) is 12.4 Å². The predicted octanol–water partition coefficient (Wildman–Crippen LogP) is 3.12. The number of halogens is 3. The molecule has 106 valence electrons. The molecule has 0 fully saturated rings. The second-order valence-electron chi connectivity index (χ2n) is 3.95. The van der Waals surface area contributed by atoms with Gasteiger partial charge >= 0.3 is 6.18 Å². The van der Waals surface area contributed by atoms with Gasteiger partial charge in [-0.2, -0.15) is 13.2 Å². The van der Waals surface area contributed by atoms with E-state index in [9.17, 15) is 13.2 Å². The zero-order chi connectivity index (χ0) is 14.6. The Hall–Kier alpha value is -2.31. The van der Waals surface area contributed by atoms with Crippen LogP contribution in [0.4, 0.5) is 19.0 Å². The molecule has 0 atom stereocenters. The number of aromatic nitrogens is 2. The lowest BCUT2D eigenvalue weighted by Gasteiger charge is -2.11. The molecule has 20 heavy (non-hydrogen) atoms. The maximum Gasteiger partial charge on any atom is 0.433 e. The van der Waals surface area contributed by atoms with Gasteiger partial charge in [-0.05, 0) is 6.07 Å². The van der Waals surface area contributed by atoms with Gasteiger partial charge in [0, 0.05) is 18.2 Å². The SMILES string of the molecule is COc1ccccc1CNc1cc(C(F)(F)F)ncn1. The Morgan fingerprint density at radius 1 is 1.20 bits per heavy atom. The van der Waals surface area contributed by atoms with Crippen molar-refractivity contribution in [1.82, 2.24) is 9.97 Å². The lowest BCUT2D eigenvalue weighted by molar-refractivity contribution is -0.141. The number of para-hydroxylation sites is 1. The summed E-state index contributed by atoms with van der Waals surface area (Å²) in [7, 11) is 1.53. The van der Waals surface area contributed by atoms with Crippen molar-refractivity contribution in [1.29, 1.82) is 0 Å². The Labute approximate surface area is 113 Å². The average molecular weight is 283 g/mol. The van der Waals surface area contributed by atoms with Crippen molar-refractivity contribution in [3.05, 3.63) is 47.9 Å². The molecule has 0 aliphatic heterocycles. The first-order valence-corrected chi connectivity index (χ1v) is 5.75. The second kappa shape index (κ2) is 5.77. The minimum Gasteiger partial charge on any atom is -0.496 e. The number of nitrogens with zero attached hydrogens (tertiary/aromatic N) is 2. The van der Waals surface area contributed by atoms with Crippen molar-refractivity contribution >= 4 is 5.82 Å². The summed E-state index contributed by atoms with van der Waals surface area (Å²) >= 11 is 0. The van der Waals surface area contributed by atoms with Gasteiger partial charge < -0.3 is 10.1 Å². The zero-order valence-electron chi connectivity index (χ0n) is 10.6. The number of methoxy groups -OCH3 is 1. The van der Waals surface area contributed by atoms with E-state index >= 15 is 0 Å². The summed E-state index contributed by atoms with van der Waals surface area (Å²) in [5.74, 6) is 0.767.